The zero-order chi connectivity index (χ0) is 14.0. The monoisotopic (exact) mass is 299 g/mol. The van der Waals surface area contributed by atoms with Gasteiger partial charge in [-0.3, -0.25) is 0 Å². The van der Waals surface area contributed by atoms with Crippen molar-refractivity contribution in [3.8, 4) is 11.3 Å². The lowest BCUT2D eigenvalue weighted by Gasteiger charge is -2.03. The molecule has 7 heteroatoms. The van der Waals surface area contributed by atoms with Gasteiger partial charge in [0.2, 0.25) is 0 Å². The number of anilines is 1. The van der Waals surface area contributed by atoms with Crippen molar-refractivity contribution in [1.82, 2.24) is 9.19 Å². The number of hydrogen-bond donors (Lipinski definition) is 1. The van der Waals surface area contributed by atoms with Crippen molar-refractivity contribution in [2.45, 2.75) is 13.3 Å². The van der Waals surface area contributed by atoms with Crippen LogP contribution in [0.2, 0.25) is 5.02 Å². The Hall–Kier alpha value is -1.53. The van der Waals surface area contributed by atoms with Gasteiger partial charge in [-0.2, -0.15) is 5.10 Å². The fraction of sp³-hybridized carbons (Fsp3) is 0.250. The molecular formula is C12H14ClN3O2S. The van der Waals surface area contributed by atoms with E-state index >= 15 is 0 Å². The molecule has 2 rings (SSSR count). The molecule has 0 amide bonds. The summed E-state index contributed by atoms with van der Waals surface area (Å²) in [7, 11) is -3.48. The highest BCUT2D eigenvalue weighted by Gasteiger charge is 2.18. The first-order valence-corrected chi connectivity index (χ1v) is 7.77. The molecule has 102 valence electrons. The van der Waals surface area contributed by atoms with E-state index in [-0.39, 0.29) is 11.6 Å². The molecule has 0 atom stereocenters. The summed E-state index contributed by atoms with van der Waals surface area (Å²) in [5, 5.41) is 4.67. The predicted octanol–water partition coefficient (Wildman–Crippen LogP) is 2.37. The molecule has 2 aromatic rings. The number of hydrogen-bond acceptors (Lipinski definition) is 4. The molecule has 0 fully saturated rings. The lowest BCUT2D eigenvalue weighted by atomic mass is 10.1. The molecule has 19 heavy (non-hydrogen) atoms. The largest absolute Gasteiger partial charge is 0.383 e. The van der Waals surface area contributed by atoms with Gasteiger partial charge in [0, 0.05) is 16.7 Å². The van der Waals surface area contributed by atoms with Crippen LogP contribution in [0.15, 0.2) is 30.3 Å². The Bertz CT molecular complexity index is 678. The quantitative estimate of drug-likeness (QED) is 0.940. The van der Waals surface area contributed by atoms with Crippen molar-refractivity contribution >= 4 is 27.4 Å². The van der Waals surface area contributed by atoms with Crippen LogP contribution in [-0.2, 0) is 10.0 Å². The summed E-state index contributed by atoms with van der Waals surface area (Å²) in [5.74, 6) is 0.122. The molecule has 2 N–H and O–H groups in total. The van der Waals surface area contributed by atoms with Crippen LogP contribution in [0.3, 0.4) is 0 Å². The van der Waals surface area contributed by atoms with E-state index in [1.807, 2.05) is 0 Å². The normalized spacial score (nSPS) is 11.7. The summed E-state index contributed by atoms with van der Waals surface area (Å²) < 4.78 is 24.8. The predicted molar refractivity (Wildman–Crippen MR) is 76.6 cm³/mol. The van der Waals surface area contributed by atoms with Gasteiger partial charge in [-0.05, 0) is 18.6 Å². The SMILES string of the molecule is CCCS(=O)(=O)n1nc(-c2ccc(Cl)cc2)cc1N. The Labute approximate surface area is 117 Å². The molecule has 0 aliphatic rings. The molecule has 0 saturated heterocycles. The molecule has 1 aromatic carbocycles. The number of benzene rings is 1. The number of rotatable bonds is 4. The Balaban J connectivity index is 2.44. The topological polar surface area (TPSA) is 78.0 Å². The summed E-state index contributed by atoms with van der Waals surface area (Å²) in [6.45, 7) is 1.79. The molecule has 0 aliphatic heterocycles. The summed E-state index contributed by atoms with van der Waals surface area (Å²) in [6.07, 6.45) is 0.512. The fourth-order valence-electron chi connectivity index (χ4n) is 1.71. The Kier molecular flexibility index (Phi) is 3.82. The van der Waals surface area contributed by atoms with Crippen molar-refractivity contribution in [1.29, 1.82) is 0 Å². The van der Waals surface area contributed by atoms with E-state index in [0.717, 1.165) is 9.65 Å². The van der Waals surface area contributed by atoms with Crippen LogP contribution >= 0.6 is 11.6 Å². The lowest BCUT2D eigenvalue weighted by molar-refractivity contribution is 0.580. The fourth-order valence-corrected chi connectivity index (χ4v) is 3.11. The molecule has 0 bridgehead atoms. The van der Waals surface area contributed by atoms with Gasteiger partial charge in [-0.1, -0.05) is 30.7 Å². The third kappa shape index (κ3) is 2.90. The van der Waals surface area contributed by atoms with Crippen molar-refractivity contribution in [2.75, 3.05) is 11.5 Å². The number of nitrogens with zero attached hydrogens (tertiary/aromatic N) is 2. The van der Waals surface area contributed by atoms with E-state index in [4.69, 9.17) is 17.3 Å². The van der Waals surface area contributed by atoms with E-state index in [0.29, 0.717) is 17.1 Å². The number of halogens is 1. The van der Waals surface area contributed by atoms with Gasteiger partial charge in [-0.25, -0.2) is 8.42 Å². The first-order valence-electron chi connectivity index (χ1n) is 5.79. The first-order chi connectivity index (χ1) is 8.94. The highest BCUT2D eigenvalue weighted by Crippen LogP contribution is 2.23. The van der Waals surface area contributed by atoms with E-state index in [1.165, 1.54) is 6.07 Å². The smallest absolute Gasteiger partial charge is 0.255 e. The molecule has 1 aromatic heterocycles. The van der Waals surface area contributed by atoms with Gasteiger partial charge in [0.1, 0.15) is 5.82 Å². The summed E-state index contributed by atoms with van der Waals surface area (Å²) in [6, 6.07) is 8.50. The molecule has 1 heterocycles. The zero-order valence-corrected chi connectivity index (χ0v) is 11.9. The van der Waals surface area contributed by atoms with E-state index < -0.39 is 10.0 Å². The van der Waals surface area contributed by atoms with E-state index in [1.54, 1.807) is 31.2 Å². The third-order valence-electron chi connectivity index (χ3n) is 2.57. The van der Waals surface area contributed by atoms with E-state index in [9.17, 15) is 8.42 Å². The Morgan fingerprint density at radius 1 is 1.32 bits per heavy atom. The minimum atomic E-state index is -3.48. The number of nitrogens with two attached hydrogens (primary N) is 1. The minimum absolute atomic E-state index is 0.0128. The van der Waals surface area contributed by atoms with Gasteiger partial charge in [-0.15, -0.1) is 4.09 Å². The maximum atomic E-state index is 12.0. The van der Waals surface area contributed by atoms with Gasteiger partial charge in [0.15, 0.2) is 0 Å². The second kappa shape index (κ2) is 5.22. The maximum Gasteiger partial charge on any atom is 0.255 e. The number of nitrogen functional groups attached to an aromatic ring is 1. The second-order valence-electron chi connectivity index (χ2n) is 4.12. The van der Waals surface area contributed by atoms with Gasteiger partial charge >= 0.3 is 0 Å². The standard InChI is InChI=1S/C12H14ClN3O2S/c1-2-7-19(17,18)16-12(14)8-11(15-16)9-3-5-10(13)6-4-9/h3-6,8H,2,7,14H2,1H3. The van der Waals surface area contributed by atoms with Crippen LogP contribution in [0.5, 0.6) is 0 Å². The molecule has 0 aliphatic carbocycles. The number of aromatic nitrogens is 2. The van der Waals surface area contributed by atoms with Crippen molar-refractivity contribution < 1.29 is 8.42 Å². The van der Waals surface area contributed by atoms with Gasteiger partial charge < -0.3 is 5.73 Å². The van der Waals surface area contributed by atoms with Crippen molar-refractivity contribution in [3.05, 3.63) is 35.4 Å². The first kappa shape index (κ1) is 13.9. The van der Waals surface area contributed by atoms with Crippen LogP contribution < -0.4 is 5.73 Å². The van der Waals surface area contributed by atoms with Crippen LogP contribution in [0, 0.1) is 0 Å². The molecule has 5 nitrogen and oxygen atoms in total. The molecular weight excluding hydrogens is 286 g/mol. The van der Waals surface area contributed by atoms with Crippen molar-refractivity contribution in [2.24, 2.45) is 0 Å². The third-order valence-corrected chi connectivity index (χ3v) is 4.57. The Morgan fingerprint density at radius 2 is 1.95 bits per heavy atom. The van der Waals surface area contributed by atoms with Gasteiger partial charge in [0.25, 0.3) is 10.0 Å². The molecule has 0 unspecified atom stereocenters. The minimum Gasteiger partial charge on any atom is -0.383 e. The van der Waals surface area contributed by atoms with Crippen molar-refractivity contribution in [3.63, 3.8) is 0 Å². The average Bonchev–Trinajstić information content (AvgIpc) is 2.73. The van der Waals surface area contributed by atoms with E-state index in [2.05, 4.69) is 5.10 Å². The highest BCUT2D eigenvalue weighted by atomic mass is 35.5. The van der Waals surface area contributed by atoms with Crippen LogP contribution in [-0.4, -0.2) is 23.4 Å². The molecule has 0 radical (unpaired) electrons. The average molecular weight is 300 g/mol. The molecule has 0 saturated carbocycles. The highest BCUT2D eigenvalue weighted by molar-refractivity contribution is 7.89. The Morgan fingerprint density at radius 3 is 2.53 bits per heavy atom. The second-order valence-corrected chi connectivity index (χ2v) is 6.47. The van der Waals surface area contributed by atoms with Crippen LogP contribution in [0.4, 0.5) is 5.82 Å². The summed E-state index contributed by atoms with van der Waals surface area (Å²) >= 11 is 5.80. The van der Waals surface area contributed by atoms with Crippen LogP contribution in [0.1, 0.15) is 13.3 Å². The van der Waals surface area contributed by atoms with Gasteiger partial charge in [0.05, 0.1) is 11.4 Å². The maximum absolute atomic E-state index is 12.0. The summed E-state index contributed by atoms with van der Waals surface area (Å²) in [4.78, 5) is 0. The lowest BCUT2D eigenvalue weighted by Crippen LogP contribution is -2.19. The summed E-state index contributed by atoms with van der Waals surface area (Å²) in [5.41, 5.74) is 6.99. The molecule has 0 spiro atoms. The van der Waals surface area contributed by atoms with Crippen LogP contribution in [0.25, 0.3) is 11.3 Å². The zero-order valence-electron chi connectivity index (χ0n) is 10.4.